The molecule has 0 fully saturated rings. The van der Waals surface area contributed by atoms with Gasteiger partial charge < -0.3 is 11.1 Å². The number of hydrogen-bond donors (Lipinski definition) is 2. The number of hydrogen-bond acceptors (Lipinski definition) is 4. The first-order valence-electron chi connectivity index (χ1n) is 6.99. The first-order chi connectivity index (χ1) is 10.0. The van der Waals surface area contributed by atoms with E-state index in [9.17, 15) is 4.79 Å². The van der Waals surface area contributed by atoms with Crippen molar-refractivity contribution in [3.63, 3.8) is 0 Å². The Kier molecular flexibility index (Phi) is 4.70. The molecule has 0 saturated heterocycles. The number of benzene rings is 1. The van der Waals surface area contributed by atoms with Crippen LogP contribution in [0.4, 0.5) is 0 Å². The molecule has 0 aliphatic heterocycles. The third-order valence-corrected chi connectivity index (χ3v) is 3.38. The van der Waals surface area contributed by atoms with Crippen LogP contribution in [0.5, 0.6) is 0 Å². The van der Waals surface area contributed by atoms with Gasteiger partial charge in [-0.05, 0) is 31.9 Å². The third-order valence-electron chi connectivity index (χ3n) is 3.38. The van der Waals surface area contributed by atoms with Gasteiger partial charge in [0.1, 0.15) is 0 Å². The van der Waals surface area contributed by atoms with Crippen LogP contribution in [0, 0.1) is 13.8 Å². The highest BCUT2D eigenvalue weighted by Crippen LogP contribution is 2.19. The Morgan fingerprint density at radius 3 is 2.90 bits per heavy atom. The molecule has 0 bridgehead atoms. The van der Waals surface area contributed by atoms with E-state index in [0.29, 0.717) is 18.8 Å². The Morgan fingerprint density at radius 2 is 2.19 bits per heavy atom. The van der Waals surface area contributed by atoms with Crippen LogP contribution in [0.1, 0.15) is 40.1 Å². The minimum Gasteiger partial charge on any atom is -0.344 e. The Morgan fingerprint density at radius 1 is 1.43 bits per heavy atom. The van der Waals surface area contributed by atoms with E-state index in [1.165, 1.54) is 5.56 Å². The van der Waals surface area contributed by atoms with Crippen LogP contribution in [-0.2, 0) is 6.54 Å². The zero-order valence-electron chi connectivity index (χ0n) is 12.6. The maximum Gasteiger partial charge on any atom is 0.273 e. The summed E-state index contributed by atoms with van der Waals surface area (Å²) in [6.07, 6.45) is 1.61. The average Bonchev–Trinajstić information content (AvgIpc) is 2.90. The van der Waals surface area contributed by atoms with E-state index < -0.39 is 0 Å². The second-order valence-electron chi connectivity index (χ2n) is 5.21. The minimum atomic E-state index is -0.230. The Bertz CT molecular complexity index is 635. The lowest BCUT2D eigenvalue weighted by atomic mass is 10.00. The van der Waals surface area contributed by atoms with Gasteiger partial charge in [0.25, 0.3) is 5.91 Å². The number of nitrogens with zero attached hydrogens (tertiary/aromatic N) is 3. The normalized spacial score (nSPS) is 12.2. The second kappa shape index (κ2) is 6.49. The van der Waals surface area contributed by atoms with Gasteiger partial charge in [0.05, 0.1) is 18.8 Å². The molecule has 1 aromatic carbocycles. The zero-order chi connectivity index (χ0) is 15.4. The van der Waals surface area contributed by atoms with E-state index in [0.717, 1.165) is 11.1 Å². The van der Waals surface area contributed by atoms with Crippen molar-refractivity contribution >= 4 is 5.91 Å². The Balaban J connectivity index is 2.09. The summed E-state index contributed by atoms with van der Waals surface area (Å²) in [7, 11) is 0. The molecule has 6 heteroatoms. The highest BCUT2D eigenvalue weighted by atomic mass is 16.2. The molecule has 0 radical (unpaired) electrons. The molecule has 1 heterocycles. The number of rotatable bonds is 5. The first-order valence-corrected chi connectivity index (χ1v) is 6.99. The van der Waals surface area contributed by atoms with Crippen LogP contribution in [-0.4, -0.2) is 27.4 Å². The topological polar surface area (TPSA) is 85.8 Å². The number of aromatic nitrogens is 3. The SMILES string of the molecule is Cc1ccc(C)c(C(C)NC(=O)c2cn(CCN)nn2)c1. The summed E-state index contributed by atoms with van der Waals surface area (Å²) in [6.45, 7) is 7.05. The minimum absolute atomic E-state index is 0.0861. The van der Waals surface area contributed by atoms with Gasteiger partial charge in [-0.25, -0.2) is 0 Å². The molecular formula is C15H21N5O. The molecule has 1 amide bonds. The molecule has 2 rings (SSSR count). The van der Waals surface area contributed by atoms with Crippen LogP contribution in [0.2, 0.25) is 0 Å². The van der Waals surface area contributed by atoms with Gasteiger partial charge >= 0.3 is 0 Å². The van der Waals surface area contributed by atoms with E-state index in [1.54, 1.807) is 10.9 Å². The van der Waals surface area contributed by atoms with E-state index in [2.05, 4.69) is 33.8 Å². The van der Waals surface area contributed by atoms with Gasteiger partial charge in [-0.1, -0.05) is 29.0 Å². The summed E-state index contributed by atoms with van der Waals surface area (Å²) < 4.78 is 1.57. The van der Waals surface area contributed by atoms with Crippen molar-refractivity contribution in [1.82, 2.24) is 20.3 Å². The van der Waals surface area contributed by atoms with Crippen molar-refractivity contribution in [3.8, 4) is 0 Å². The van der Waals surface area contributed by atoms with Crippen molar-refractivity contribution in [3.05, 3.63) is 46.8 Å². The lowest BCUT2D eigenvalue weighted by Crippen LogP contribution is -2.27. The number of nitrogens with one attached hydrogen (secondary N) is 1. The van der Waals surface area contributed by atoms with E-state index in [-0.39, 0.29) is 11.9 Å². The molecule has 1 aromatic heterocycles. The summed E-state index contributed by atoms with van der Waals surface area (Å²) in [5.74, 6) is -0.230. The summed E-state index contributed by atoms with van der Waals surface area (Å²) >= 11 is 0. The van der Waals surface area contributed by atoms with E-state index in [4.69, 9.17) is 5.73 Å². The first kappa shape index (κ1) is 15.2. The lowest BCUT2D eigenvalue weighted by Gasteiger charge is -2.16. The molecule has 21 heavy (non-hydrogen) atoms. The molecule has 1 unspecified atom stereocenters. The maximum absolute atomic E-state index is 12.2. The van der Waals surface area contributed by atoms with Gasteiger partial charge in [-0.2, -0.15) is 0 Å². The summed E-state index contributed by atoms with van der Waals surface area (Å²) in [4.78, 5) is 12.2. The smallest absolute Gasteiger partial charge is 0.273 e. The molecule has 0 aliphatic carbocycles. The summed E-state index contributed by atoms with van der Waals surface area (Å²) in [6, 6.07) is 6.12. The standard InChI is InChI=1S/C15H21N5O/c1-10-4-5-11(2)13(8-10)12(3)17-15(21)14-9-20(7-6-16)19-18-14/h4-5,8-9,12H,6-7,16H2,1-3H3,(H,17,21). The number of carbonyl (C=O) groups excluding carboxylic acids is 1. The second-order valence-corrected chi connectivity index (χ2v) is 5.21. The zero-order valence-corrected chi connectivity index (χ0v) is 12.6. The van der Waals surface area contributed by atoms with Gasteiger partial charge in [-0.3, -0.25) is 9.48 Å². The van der Waals surface area contributed by atoms with Crippen molar-refractivity contribution in [2.45, 2.75) is 33.4 Å². The quantitative estimate of drug-likeness (QED) is 0.869. The molecule has 0 aliphatic rings. The van der Waals surface area contributed by atoms with Gasteiger partial charge in [-0.15, -0.1) is 5.10 Å². The fourth-order valence-corrected chi connectivity index (χ4v) is 2.22. The highest BCUT2D eigenvalue weighted by molar-refractivity contribution is 5.92. The molecule has 1 atom stereocenters. The molecular weight excluding hydrogens is 266 g/mol. The van der Waals surface area contributed by atoms with Crippen LogP contribution < -0.4 is 11.1 Å². The van der Waals surface area contributed by atoms with Crippen LogP contribution in [0.25, 0.3) is 0 Å². The average molecular weight is 287 g/mol. The van der Waals surface area contributed by atoms with Gasteiger partial charge in [0.15, 0.2) is 5.69 Å². The molecule has 3 N–H and O–H groups in total. The highest BCUT2D eigenvalue weighted by Gasteiger charge is 2.16. The van der Waals surface area contributed by atoms with E-state index in [1.807, 2.05) is 20.8 Å². The molecule has 0 spiro atoms. The Hall–Kier alpha value is -2.21. The number of amides is 1. The van der Waals surface area contributed by atoms with Crippen molar-refractivity contribution in [1.29, 1.82) is 0 Å². The summed E-state index contributed by atoms with van der Waals surface area (Å²) in [5.41, 5.74) is 9.18. The molecule has 0 saturated carbocycles. The monoisotopic (exact) mass is 287 g/mol. The van der Waals surface area contributed by atoms with Gasteiger partial charge in [0.2, 0.25) is 0 Å². The van der Waals surface area contributed by atoms with E-state index >= 15 is 0 Å². The predicted octanol–water partition coefficient (Wildman–Crippen LogP) is 1.34. The van der Waals surface area contributed by atoms with Crippen molar-refractivity contribution in [2.24, 2.45) is 5.73 Å². The lowest BCUT2D eigenvalue weighted by molar-refractivity contribution is 0.0934. The maximum atomic E-state index is 12.2. The molecule has 112 valence electrons. The number of carbonyl (C=O) groups is 1. The largest absolute Gasteiger partial charge is 0.344 e. The van der Waals surface area contributed by atoms with Crippen molar-refractivity contribution < 1.29 is 4.79 Å². The van der Waals surface area contributed by atoms with Crippen LogP contribution in [0.3, 0.4) is 0 Å². The fourth-order valence-electron chi connectivity index (χ4n) is 2.22. The Labute approximate surface area is 124 Å². The van der Waals surface area contributed by atoms with Gasteiger partial charge in [0, 0.05) is 6.54 Å². The van der Waals surface area contributed by atoms with Crippen LogP contribution >= 0.6 is 0 Å². The third kappa shape index (κ3) is 3.66. The molecule has 2 aromatic rings. The predicted molar refractivity (Wildman–Crippen MR) is 80.9 cm³/mol. The fraction of sp³-hybridized carbons (Fsp3) is 0.400. The summed E-state index contributed by atoms with van der Waals surface area (Å²) in [5, 5.41) is 10.7. The van der Waals surface area contributed by atoms with Crippen LogP contribution in [0.15, 0.2) is 24.4 Å². The molecule has 6 nitrogen and oxygen atoms in total. The number of aryl methyl sites for hydroxylation is 2. The number of nitrogens with two attached hydrogens (primary N) is 1. The van der Waals surface area contributed by atoms with Crippen molar-refractivity contribution in [2.75, 3.05) is 6.54 Å².